The first-order valence-electron chi connectivity index (χ1n) is 10.3. The van der Waals surface area contributed by atoms with Crippen LogP contribution in [0.15, 0.2) is 65.4 Å². The Kier molecular flexibility index (Phi) is 6.77. The zero-order valence-electron chi connectivity index (χ0n) is 16.8. The lowest BCUT2D eigenvalue weighted by Gasteiger charge is -2.34. The van der Waals surface area contributed by atoms with Gasteiger partial charge in [-0.1, -0.05) is 12.1 Å². The molecule has 0 bridgehead atoms. The largest absolute Gasteiger partial charge is 0.371 e. The molecular weight excluding hydrogens is 397 g/mol. The number of anilines is 2. The molecule has 1 saturated heterocycles. The molecule has 30 heavy (non-hydrogen) atoms. The molecule has 0 saturated carbocycles. The summed E-state index contributed by atoms with van der Waals surface area (Å²) in [7, 11) is 0. The van der Waals surface area contributed by atoms with Crippen molar-refractivity contribution in [2.45, 2.75) is 31.8 Å². The van der Waals surface area contributed by atoms with E-state index in [2.05, 4.69) is 44.5 Å². The zero-order valence-corrected chi connectivity index (χ0v) is 17.6. The molecular formula is C24H26FN3OS. The fraction of sp³-hybridized carbons (Fsp3) is 0.292. The third kappa shape index (κ3) is 5.68. The van der Waals surface area contributed by atoms with Crippen LogP contribution in [0.2, 0.25) is 0 Å². The van der Waals surface area contributed by atoms with Crippen molar-refractivity contribution in [1.82, 2.24) is 5.32 Å². The molecule has 2 aromatic carbocycles. The van der Waals surface area contributed by atoms with Gasteiger partial charge >= 0.3 is 0 Å². The van der Waals surface area contributed by atoms with Gasteiger partial charge in [0.1, 0.15) is 5.82 Å². The van der Waals surface area contributed by atoms with Crippen LogP contribution in [0.5, 0.6) is 0 Å². The average molecular weight is 424 g/mol. The topological polar surface area (TPSA) is 44.4 Å². The fourth-order valence-electron chi connectivity index (χ4n) is 3.79. The summed E-state index contributed by atoms with van der Waals surface area (Å²) in [6, 6.07) is 16.8. The third-order valence-electron chi connectivity index (χ3n) is 5.44. The number of thiophene rings is 1. The van der Waals surface area contributed by atoms with Crippen molar-refractivity contribution < 1.29 is 9.18 Å². The molecule has 3 aromatic rings. The molecule has 0 radical (unpaired) electrons. The van der Waals surface area contributed by atoms with Gasteiger partial charge < -0.3 is 15.5 Å². The highest BCUT2D eigenvalue weighted by molar-refractivity contribution is 7.07. The van der Waals surface area contributed by atoms with Crippen molar-refractivity contribution in [3.8, 4) is 0 Å². The molecule has 156 valence electrons. The molecule has 0 spiro atoms. The second-order valence-electron chi connectivity index (χ2n) is 7.68. The van der Waals surface area contributed by atoms with Gasteiger partial charge in [0.2, 0.25) is 5.91 Å². The minimum atomic E-state index is -0.324. The van der Waals surface area contributed by atoms with Crippen LogP contribution in [0, 0.1) is 5.82 Å². The monoisotopic (exact) mass is 423 g/mol. The molecule has 2 N–H and O–H groups in total. The smallest absolute Gasteiger partial charge is 0.228 e. The normalized spacial score (nSPS) is 14.6. The van der Waals surface area contributed by atoms with E-state index in [4.69, 9.17) is 0 Å². The van der Waals surface area contributed by atoms with Crippen LogP contribution in [-0.2, 0) is 17.8 Å². The molecule has 0 atom stereocenters. The van der Waals surface area contributed by atoms with Crippen molar-refractivity contribution in [2.24, 2.45) is 0 Å². The molecule has 1 fully saturated rings. The van der Waals surface area contributed by atoms with Crippen LogP contribution >= 0.6 is 11.3 Å². The summed E-state index contributed by atoms with van der Waals surface area (Å²) in [5.74, 6) is -0.471. The molecule has 1 aliphatic rings. The number of amides is 1. The lowest BCUT2D eigenvalue weighted by atomic mass is 10.0. The van der Waals surface area contributed by atoms with Gasteiger partial charge in [0.15, 0.2) is 0 Å². The molecule has 6 heteroatoms. The zero-order chi connectivity index (χ0) is 20.8. The standard InChI is InChI=1S/C24H26FN3OS/c25-20-3-1-2-18(14-20)15-24(29)27-22-4-6-23(7-5-22)28-11-8-21(9-12-28)26-16-19-10-13-30-17-19/h1-7,10,13-14,17,21,26H,8-9,11-12,15-16H2,(H,27,29). The molecule has 1 aliphatic heterocycles. The number of rotatable bonds is 7. The molecule has 4 rings (SSSR count). The number of carbonyl (C=O) groups is 1. The Balaban J connectivity index is 1.24. The average Bonchev–Trinajstić information content (AvgIpc) is 3.27. The van der Waals surface area contributed by atoms with E-state index in [0.29, 0.717) is 11.6 Å². The van der Waals surface area contributed by atoms with Crippen LogP contribution in [0.1, 0.15) is 24.0 Å². The molecule has 0 unspecified atom stereocenters. The lowest BCUT2D eigenvalue weighted by Crippen LogP contribution is -2.42. The number of carbonyl (C=O) groups excluding carboxylic acids is 1. The van der Waals surface area contributed by atoms with Gasteiger partial charge in [-0.2, -0.15) is 11.3 Å². The van der Waals surface area contributed by atoms with Gasteiger partial charge in [0.05, 0.1) is 6.42 Å². The molecule has 2 heterocycles. The van der Waals surface area contributed by atoms with Crippen molar-refractivity contribution in [1.29, 1.82) is 0 Å². The number of hydrogen-bond acceptors (Lipinski definition) is 4. The minimum Gasteiger partial charge on any atom is -0.371 e. The van der Waals surface area contributed by atoms with E-state index in [1.165, 1.54) is 23.4 Å². The molecule has 4 nitrogen and oxygen atoms in total. The summed E-state index contributed by atoms with van der Waals surface area (Å²) in [6.45, 7) is 2.98. The number of halogens is 1. The van der Waals surface area contributed by atoms with E-state index < -0.39 is 0 Å². The van der Waals surface area contributed by atoms with Crippen LogP contribution in [0.25, 0.3) is 0 Å². The van der Waals surface area contributed by atoms with E-state index in [-0.39, 0.29) is 18.1 Å². The third-order valence-corrected chi connectivity index (χ3v) is 6.17. The number of hydrogen-bond donors (Lipinski definition) is 2. The van der Waals surface area contributed by atoms with E-state index in [9.17, 15) is 9.18 Å². The Morgan fingerprint density at radius 1 is 1.07 bits per heavy atom. The van der Waals surface area contributed by atoms with Gasteiger partial charge in [-0.05, 0) is 77.2 Å². The highest BCUT2D eigenvalue weighted by atomic mass is 32.1. The Morgan fingerprint density at radius 2 is 1.87 bits per heavy atom. The molecule has 0 aliphatic carbocycles. The first kappa shape index (κ1) is 20.6. The Morgan fingerprint density at radius 3 is 2.57 bits per heavy atom. The van der Waals surface area contributed by atoms with Crippen molar-refractivity contribution >= 4 is 28.6 Å². The number of nitrogens with one attached hydrogen (secondary N) is 2. The van der Waals surface area contributed by atoms with E-state index >= 15 is 0 Å². The highest BCUT2D eigenvalue weighted by Gasteiger charge is 2.19. The second kappa shape index (κ2) is 9.87. The summed E-state index contributed by atoms with van der Waals surface area (Å²) in [5, 5.41) is 10.9. The van der Waals surface area contributed by atoms with Crippen LogP contribution in [0.4, 0.5) is 15.8 Å². The first-order chi connectivity index (χ1) is 14.7. The van der Waals surface area contributed by atoms with Crippen LogP contribution < -0.4 is 15.5 Å². The summed E-state index contributed by atoms with van der Waals surface area (Å²) in [4.78, 5) is 14.6. The molecule has 1 amide bonds. The summed E-state index contributed by atoms with van der Waals surface area (Å²) in [5.41, 5.74) is 3.96. The maximum Gasteiger partial charge on any atom is 0.228 e. The summed E-state index contributed by atoms with van der Waals surface area (Å²) < 4.78 is 13.3. The van der Waals surface area contributed by atoms with Gasteiger partial charge in [0.25, 0.3) is 0 Å². The van der Waals surface area contributed by atoms with Crippen LogP contribution in [-0.4, -0.2) is 25.0 Å². The van der Waals surface area contributed by atoms with E-state index in [1.807, 2.05) is 12.1 Å². The first-order valence-corrected chi connectivity index (χ1v) is 11.2. The number of benzene rings is 2. The van der Waals surface area contributed by atoms with Gasteiger partial charge in [-0.3, -0.25) is 4.79 Å². The Bertz CT molecular complexity index is 951. The number of nitrogens with zero attached hydrogens (tertiary/aromatic N) is 1. The number of piperidine rings is 1. The highest BCUT2D eigenvalue weighted by Crippen LogP contribution is 2.22. The van der Waals surface area contributed by atoms with Gasteiger partial charge in [-0.15, -0.1) is 0 Å². The molecule has 1 aromatic heterocycles. The summed E-state index contributed by atoms with van der Waals surface area (Å²) in [6.07, 6.45) is 2.40. The predicted octanol–water partition coefficient (Wildman–Crippen LogP) is 4.83. The predicted molar refractivity (Wildman–Crippen MR) is 122 cm³/mol. The SMILES string of the molecule is O=C(Cc1cccc(F)c1)Nc1ccc(N2CCC(NCc3ccsc3)CC2)cc1. The fourth-order valence-corrected chi connectivity index (χ4v) is 4.46. The summed E-state index contributed by atoms with van der Waals surface area (Å²) >= 11 is 1.74. The maximum atomic E-state index is 13.3. The quantitative estimate of drug-likeness (QED) is 0.572. The Labute approximate surface area is 180 Å². The lowest BCUT2D eigenvalue weighted by molar-refractivity contribution is -0.115. The minimum absolute atomic E-state index is 0.147. The Hall–Kier alpha value is -2.70. The van der Waals surface area contributed by atoms with Crippen molar-refractivity contribution in [3.05, 3.63) is 82.3 Å². The van der Waals surface area contributed by atoms with Gasteiger partial charge in [0, 0.05) is 37.1 Å². The van der Waals surface area contributed by atoms with Gasteiger partial charge in [-0.25, -0.2) is 4.39 Å². The van der Waals surface area contributed by atoms with Crippen molar-refractivity contribution in [3.63, 3.8) is 0 Å². The van der Waals surface area contributed by atoms with Crippen molar-refractivity contribution in [2.75, 3.05) is 23.3 Å². The van der Waals surface area contributed by atoms with Crippen LogP contribution in [0.3, 0.4) is 0 Å². The second-order valence-corrected chi connectivity index (χ2v) is 8.46. The van der Waals surface area contributed by atoms with E-state index in [0.717, 1.165) is 38.2 Å². The maximum absolute atomic E-state index is 13.3. The van der Waals surface area contributed by atoms with E-state index in [1.54, 1.807) is 23.5 Å².